The Morgan fingerprint density at radius 3 is 2.77 bits per heavy atom. The van der Waals surface area contributed by atoms with Crippen molar-refractivity contribution in [2.24, 2.45) is 0 Å². The van der Waals surface area contributed by atoms with Crippen LogP contribution < -0.4 is 0 Å². The van der Waals surface area contributed by atoms with Crippen LogP contribution in [0.5, 0.6) is 0 Å². The van der Waals surface area contributed by atoms with Crippen molar-refractivity contribution in [1.29, 1.82) is 0 Å². The van der Waals surface area contributed by atoms with Gasteiger partial charge in [0.05, 0.1) is 12.0 Å². The molecular formula is C17H22N4O4S. The van der Waals surface area contributed by atoms with Gasteiger partial charge in [-0.15, -0.1) is 10.2 Å². The zero-order valence-electron chi connectivity index (χ0n) is 14.7. The largest absolute Gasteiger partial charge is 0.461 e. The highest BCUT2D eigenvalue weighted by atomic mass is 32.2. The molecule has 0 N–H and O–H groups in total. The molecule has 0 atom stereocenters. The lowest BCUT2D eigenvalue weighted by Crippen LogP contribution is -2.38. The Kier molecular flexibility index (Phi) is 6.32. The quantitative estimate of drug-likeness (QED) is 0.539. The number of ether oxygens (including phenoxy) is 1. The second kappa shape index (κ2) is 8.88. The molecule has 3 heterocycles. The van der Waals surface area contributed by atoms with Gasteiger partial charge < -0.3 is 14.1 Å². The average Bonchev–Trinajstić information content (AvgIpc) is 3.34. The molecule has 0 unspecified atom stereocenters. The monoisotopic (exact) mass is 378 g/mol. The van der Waals surface area contributed by atoms with Gasteiger partial charge in [-0.3, -0.25) is 14.2 Å². The summed E-state index contributed by atoms with van der Waals surface area (Å²) in [6.45, 7) is 3.92. The molecule has 3 rings (SSSR count). The molecule has 0 aliphatic carbocycles. The number of esters is 1. The van der Waals surface area contributed by atoms with Crippen LogP contribution >= 0.6 is 11.8 Å². The van der Waals surface area contributed by atoms with E-state index in [1.54, 1.807) is 17.2 Å². The number of piperidine rings is 1. The fraction of sp³-hybridized carbons (Fsp3) is 0.529. The van der Waals surface area contributed by atoms with Crippen molar-refractivity contribution >= 4 is 23.6 Å². The van der Waals surface area contributed by atoms with E-state index in [-0.39, 0.29) is 18.3 Å². The molecule has 0 radical (unpaired) electrons. The van der Waals surface area contributed by atoms with E-state index >= 15 is 0 Å². The van der Waals surface area contributed by atoms with E-state index in [0.717, 1.165) is 32.4 Å². The zero-order chi connectivity index (χ0) is 18.4. The lowest BCUT2D eigenvalue weighted by atomic mass is 10.1. The maximum absolute atomic E-state index is 12.0. The molecule has 1 fully saturated rings. The summed E-state index contributed by atoms with van der Waals surface area (Å²) < 4.78 is 12.3. The minimum atomic E-state index is -0.439. The number of likely N-dealkylation sites (tertiary alicyclic amines) is 1. The Morgan fingerprint density at radius 1 is 1.27 bits per heavy atom. The van der Waals surface area contributed by atoms with E-state index in [1.807, 2.05) is 17.6 Å². The van der Waals surface area contributed by atoms with Crippen molar-refractivity contribution in [2.75, 3.05) is 25.4 Å². The molecule has 2 aromatic rings. The molecule has 1 aliphatic heterocycles. The lowest BCUT2D eigenvalue weighted by molar-refractivity contribution is -0.150. The number of hydrogen-bond acceptors (Lipinski definition) is 7. The molecule has 2 aromatic heterocycles. The third kappa shape index (κ3) is 4.46. The zero-order valence-corrected chi connectivity index (χ0v) is 15.5. The Hall–Kier alpha value is -2.29. The van der Waals surface area contributed by atoms with Gasteiger partial charge in [0.15, 0.2) is 23.3 Å². The molecule has 0 spiro atoms. The third-order valence-electron chi connectivity index (χ3n) is 4.16. The molecule has 140 valence electrons. The van der Waals surface area contributed by atoms with E-state index in [0.29, 0.717) is 23.3 Å². The van der Waals surface area contributed by atoms with Gasteiger partial charge in [0.25, 0.3) is 5.91 Å². The SMILES string of the molecule is CCn1c(SCC(=O)OCC(=O)N2CCCCC2)nnc1-c1ccco1. The smallest absolute Gasteiger partial charge is 0.316 e. The summed E-state index contributed by atoms with van der Waals surface area (Å²) in [6.07, 6.45) is 4.76. The standard InChI is InChI=1S/C17H22N4O4S/c1-2-21-16(13-7-6-10-24-13)18-19-17(21)26-12-15(23)25-11-14(22)20-8-4-3-5-9-20/h6-7,10H,2-5,8-9,11-12H2,1H3. The van der Waals surface area contributed by atoms with Crippen LogP contribution in [0.4, 0.5) is 0 Å². The van der Waals surface area contributed by atoms with Crippen LogP contribution in [-0.2, 0) is 20.9 Å². The summed E-state index contributed by atoms with van der Waals surface area (Å²) in [5.41, 5.74) is 0. The number of thioether (sulfide) groups is 1. The lowest BCUT2D eigenvalue weighted by Gasteiger charge is -2.26. The number of aromatic nitrogens is 3. The summed E-state index contributed by atoms with van der Waals surface area (Å²) in [4.78, 5) is 25.7. The summed E-state index contributed by atoms with van der Waals surface area (Å²) >= 11 is 1.23. The van der Waals surface area contributed by atoms with Gasteiger partial charge in [0.1, 0.15) is 0 Å². The highest BCUT2D eigenvalue weighted by molar-refractivity contribution is 7.99. The first kappa shape index (κ1) is 18.5. The van der Waals surface area contributed by atoms with Crippen LogP contribution in [0.25, 0.3) is 11.6 Å². The summed E-state index contributed by atoms with van der Waals surface area (Å²) in [5.74, 6) is 0.754. The number of amides is 1. The first-order chi connectivity index (χ1) is 12.7. The Balaban J connectivity index is 1.49. The molecule has 9 heteroatoms. The van der Waals surface area contributed by atoms with Crippen LogP contribution in [0.3, 0.4) is 0 Å². The molecule has 1 amide bonds. The third-order valence-corrected chi connectivity index (χ3v) is 5.10. The van der Waals surface area contributed by atoms with Crippen molar-refractivity contribution in [3.63, 3.8) is 0 Å². The normalized spacial score (nSPS) is 14.4. The van der Waals surface area contributed by atoms with Crippen molar-refractivity contribution in [3.05, 3.63) is 18.4 Å². The second-order valence-corrected chi connectivity index (χ2v) is 6.86. The second-order valence-electron chi connectivity index (χ2n) is 5.92. The molecular weight excluding hydrogens is 356 g/mol. The number of hydrogen-bond donors (Lipinski definition) is 0. The van der Waals surface area contributed by atoms with Crippen molar-refractivity contribution < 1.29 is 18.7 Å². The number of carbonyl (C=O) groups excluding carboxylic acids is 2. The summed E-state index contributed by atoms with van der Waals surface area (Å²) in [7, 11) is 0. The topological polar surface area (TPSA) is 90.5 Å². The van der Waals surface area contributed by atoms with Gasteiger partial charge in [0, 0.05) is 19.6 Å². The maximum Gasteiger partial charge on any atom is 0.316 e. The van der Waals surface area contributed by atoms with Crippen molar-refractivity contribution in [3.8, 4) is 11.6 Å². The molecule has 1 aliphatic rings. The van der Waals surface area contributed by atoms with Gasteiger partial charge in [-0.2, -0.15) is 0 Å². The average molecular weight is 378 g/mol. The number of nitrogens with zero attached hydrogens (tertiary/aromatic N) is 4. The van der Waals surface area contributed by atoms with Gasteiger partial charge in [-0.25, -0.2) is 0 Å². The van der Waals surface area contributed by atoms with E-state index < -0.39 is 5.97 Å². The first-order valence-electron chi connectivity index (χ1n) is 8.72. The Bertz CT molecular complexity index is 738. The highest BCUT2D eigenvalue weighted by Crippen LogP contribution is 2.24. The summed E-state index contributed by atoms with van der Waals surface area (Å²) in [6, 6.07) is 3.60. The Labute approximate surface area is 155 Å². The molecule has 1 saturated heterocycles. The van der Waals surface area contributed by atoms with Crippen LogP contribution in [0.1, 0.15) is 26.2 Å². The van der Waals surface area contributed by atoms with E-state index in [9.17, 15) is 9.59 Å². The first-order valence-corrected chi connectivity index (χ1v) is 9.71. The summed E-state index contributed by atoms with van der Waals surface area (Å²) in [5, 5.41) is 8.85. The maximum atomic E-state index is 12.0. The predicted molar refractivity (Wildman–Crippen MR) is 95.5 cm³/mol. The van der Waals surface area contributed by atoms with E-state index in [2.05, 4.69) is 10.2 Å². The molecule has 0 bridgehead atoms. The van der Waals surface area contributed by atoms with E-state index in [4.69, 9.17) is 9.15 Å². The fourth-order valence-electron chi connectivity index (χ4n) is 2.81. The number of carbonyl (C=O) groups is 2. The van der Waals surface area contributed by atoms with Crippen LogP contribution in [0.15, 0.2) is 28.0 Å². The Morgan fingerprint density at radius 2 is 2.08 bits per heavy atom. The van der Waals surface area contributed by atoms with Gasteiger partial charge in [-0.05, 0) is 38.3 Å². The highest BCUT2D eigenvalue weighted by Gasteiger charge is 2.19. The fourth-order valence-corrected chi connectivity index (χ4v) is 3.61. The van der Waals surface area contributed by atoms with Crippen molar-refractivity contribution in [1.82, 2.24) is 19.7 Å². The van der Waals surface area contributed by atoms with E-state index in [1.165, 1.54) is 11.8 Å². The minimum Gasteiger partial charge on any atom is -0.461 e. The number of furan rings is 1. The number of rotatable bonds is 7. The van der Waals surface area contributed by atoms with Crippen LogP contribution in [0.2, 0.25) is 0 Å². The molecule has 8 nitrogen and oxygen atoms in total. The minimum absolute atomic E-state index is 0.0730. The predicted octanol–water partition coefficient (Wildman–Crippen LogP) is 2.21. The van der Waals surface area contributed by atoms with Gasteiger partial charge in [-0.1, -0.05) is 11.8 Å². The molecule has 26 heavy (non-hydrogen) atoms. The molecule has 0 saturated carbocycles. The van der Waals surface area contributed by atoms with Crippen LogP contribution in [-0.4, -0.2) is 57.0 Å². The molecule has 0 aromatic carbocycles. The van der Waals surface area contributed by atoms with Crippen LogP contribution in [0, 0.1) is 0 Å². The van der Waals surface area contributed by atoms with Gasteiger partial charge in [0.2, 0.25) is 0 Å². The van der Waals surface area contributed by atoms with Crippen molar-refractivity contribution in [2.45, 2.75) is 37.9 Å². The van der Waals surface area contributed by atoms with Gasteiger partial charge >= 0.3 is 5.97 Å².